The number of ether oxygens (including phenoxy) is 1. The van der Waals surface area contributed by atoms with Crippen LogP contribution < -0.4 is 0 Å². The summed E-state index contributed by atoms with van der Waals surface area (Å²) in [6.45, 7) is -0.526. The molecule has 0 amide bonds. The molecule has 7 nitrogen and oxygen atoms in total. The molecule has 1 saturated heterocycles. The van der Waals surface area contributed by atoms with Crippen LogP contribution in [0.5, 0.6) is 0 Å². The van der Waals surface area contributed by atoms with E-state index in [9.17, 15) is 18.6 Å². The van der Waals surface area contributed by atoms with Crippen LogP contribution in [-0.2, 0) is 19.0 Å². The minimum absolute atomic E-state index is 0.526. The fourth-order valence-electron chi connectivity index (χ4n) is 1.12. The van der Waals surface area contributed by atoms with E-state index >= 15 is 0 Å². The molecule has 4 atom stereocenters. The summed E-state index contributed by atoms with van der Waals surface area (Å²) in [6.07, 6.45) is -4.54. The van der Waals surface area contributed by atoms with Gasteiger partial charge in [-0.15, -0.1) is 0 Å². The van der Waals surface area contributed by atoms with Gasteiger partial charge in [0.25, 0.3) is 10.1 Å². The lowest BCUT2D eigenvalue weighted by atomic mass is 10.1. The lowest BCUT2D eigenvalue weighted by Crippen LogP contribution is -2.35. The van der Waals surface area contributed by atoms with Gasteiger partial charge in [-0.25, -0.2) is 4.18 Å². The molecule has 0 aromatic carbocycles. The molecule has 1 heterocycles. The highest BCUT2D eigenvalue weighted by Crippen LogP contribution is 2.22. The topological polar surface area (TPSA) is 113 Å². The van der Waals surface area contributed by atoms with E-state index in [0.29, 0.717) is 0 Å². The normalized spacial score (nSPS) is 38.9. The van der Waals surface area contributed by atoms with Crippen molar-refractivity contribution in [2.24, 2.45) is 0 Å². The quantitative estimate of drug-likeness (QED) is 0.454. The monoisotopic (exact) mass is 228 g/mol. The Bertz CT molecular complexity index is 287. The lowest BCUT2D eigenvalue weighted by molar-refractivity contribution is -0.113. The van der Waals surface area contributed by atoms with Crippen molar-refractivity contribution in [3.8, 4) is 0 Å². The fraction of sp³-hybridized carbons (Fsp3) is 1.00. The van der Waals surface area contributed by atoms with E-state index in [0.717, 1.165) is 6.26 Å². The molecule has 3 N–H and O–H groups in total. The average Bonchev–Trinajstić information content (AvgIpc) is 2.30. The average molecular weight is 228 g/mol. The molecule has 1 fully saturated rings. The second kappa shape index (κ2) is 4.09. The SMILES string of the molecule is CS(=O)(=O)O[C@H]1O[C@@H](CO)[C@H](O)[C@@H]1O. The summed E-state index contributed by atoms with van der Waals surface area (Å²) >= 11 is 0. The zero-order valence-electron chi connectivity index (χ0n) is 7.40. The molecule has 0 aromatic heterocycles. The third kappa shape index (κ3) is 2.62. The Kier molecular flexibility index (Phi) is 3.45. The first kappa shape index (κ1) is 11.8. The number of aliphatic hydroxyl groups excluding tert-OH is 3. The molecule has 0 spiro atoms. The maximum Gasteiger partial charge on any atom is 0.266 e. The molecule has 1 aliphatic rings. The van der Waals surface area contributed by atoms with Crippen molar-refractivity contribution < 1.29 is 32.7 Å². The number of hydrogen-bond acceptors (Lipinski definition) is 7. The first-order chi connectivity index (χ1) is 6.35. The smallest absolute Gasteiger partial charge is 0.266 e. The summed E-state index contributed by atoms with van der Waals surface area (Å²) in [5, 5.41) is 27.1. The van der Waals surface area contributed by atoms with Crippen molar-refractivity contribution in [3.63, 3.8) is 0 Å². The zero-order chi connectivity index (χ0) is 10.9. The van der Waals surface area contributed by atoms with E-state index in [1.807, 2.05) is 0 Å². The van der Waals surface area contributed by atoms with Crippen LogP contribution in [0.3, 0.4) is 0 Å². The highest BCUT2D eigenvalue weighted by atomic mass is 32.2. The van der Waals surface area contributed by atoms with Crippen molar-refractivity contribution in [2.75, 3.05) is 12.9 Å². The number of hydrogen-bond donors (Lipinski definition) is 3. The first-order valence-electron chi connectivity index (χ1n) is 3.86. The van der Waals surface area contributed by atoms with Gasteiger partial charge < -0.3 is 20.1 Å². The molecular weight excluding hydrogens is 216 g/mol. The van der Waals surface area contributed by atoms with Gasteiger partial charge in [0.15, 0.2) is 0 Å². The van der Waals surface area contributed by atoms with Crippen LogP contribution in [0.1, 0.15) is 0 Å². The largest absolute Gasteiger partial charge is 0.394 e. The summed E-state index contributed by atoms with van der Waals surface area (Å²) in [7, 11) is -3.77. The Hall–Kier alpha value is -0.250. The maximum atomic E-state index is 10.7. The Morgan fingerprint density at radius 2 is 1.93 bits per heavy atom. The Morgan fingerprint density at radius 3 is 2.29 bits per heavy atom. The van der Waals surface area contributed by atoms with Crippen LogP contribution in [0.2, 0.25) is 0 Å². The van der Waals surface area contributed by atoms with Crippen molar-refractivity contribution >= 4 is 10.1 Å². The van der Waals surface area contributed by atoms with Crippen LogP contribution in [0, 0.1) is 0 Å². The molecule has 14 heavy (non-hydrogen) atoms. The molecular formula is C6H12O7S. The minimum atomic E-state index is -3.77. The fourth-order valence-corrected chi connectivity index (χ4v) is 1.62. The molecule has 84 valence electrons. The van der Waals surface area contributed by atoms with Gasteiger partial charge in [-0.05, 0) is 0 Å². The van der Waals surface area contributed by atoms with Crippen LogP contribution in [0.4, 0.5) is 0 Å². The summed E-state index contributed by atoms with van der Waals surface area (Å²) in [4.78, 5) is 0. The molecule has 1 aliphatic heterocycles. The number of rotatable bonds is 3. The van der Waals surface area contributed by atoms with Gasteiger partial charge in [0.2, 0.25) is 6.29 Å². The van der Waals surface area contributed by atoms with Crippen molar-refractivity contribution in [1.29, 1.82) is 0 Å². The standard InChI is InChI=1S/C6H12O7S/c1-14(10,11)13-6-5(9)4(8)3(2-7)12-6/h3-9H,2H2,1H3/t3-,4-,5-,6+/m0/s1. The molecule has 0 saturated carbocycles. The van der Waals surface area contributed by atoms with Gasteiger partial charge >= 0.3 is 0 Å². The summed E-state index contributed by atoms with van der Waals surface area (Å²) in [5.74, 6) is 0. The van der Waals surface area contributed by atoms with E-state index < -0.39 is 41.3 Å². The maximum absolute atomic E-state index is 10.7. The molecule has 1 rings (SSSR count). The molecule has 0 aromatic rings. The van der Waals surface area contributed by atoms with Gasteiger partial charge in [-0.1, -0.05) is 0 Å². The predicted octanol–water partition coefficient (Wildman–Crippen LogP) is -2.60. The summed E-state index contributed by atoms with van der Waals surface area (Å²) in [6, 6.07) is 0. The summed E-state index contributed by atoms with van der Waals surface area (Å²) in [5.41, 5.74) is 0. The number of aliphatic hydroxyl groups is 3. The van der Waals surface area contributed by atoms with E-state index in [4.69, 9.17) is 9.84 Å². The van der Waals surface area contributed by atoms with Crippen LogP contribution >= 0.6 is 0 Å². The van der Waals surface area contributed by atoms with Crippen molar-refractivity contribution in [3.05, 3.63) is 0 Å². The van der Waals surface area contributed by atoms with Gasteiger partial charge in [0.05, 0.1) is 12.9 Å². The second-order valence-corrected chi connectivity index (χ2v) is 4.61. The highest BCUT2D eigenvalue weighted by Gasteiger charge is 2.44. The second-order valence-electron chi connectivity index (χ2n) is 3.01. The Balaban J connectivity index is 2.66. The molecule has 0 unspecified atom stereocenters. The molecule has 0 aliphatic carbocycles. The van der Waals surface area contributed by atoms with Gasteiger partial charge in [0, 0.05) is 0 Å². The van der Waals surface area contributed by atoms with Crippen LogP contribution in [-0.4, -0.2) is 61.2 Å². The highest BCUT2D eigenvalue weighted by molar-refractivity contribution is 7.86. The van der Waals surface area contributed by atoms with E-state index in [1.165, 1.54) is 0 Å². The molecule has 8 heteroatoms. The third-order valence-electron chi connectivity index (χ3n) is 1.77. The van der Waals surface area contributed by atoms with Crippen LogP contribution in [0.25, 0.3) is 0 Å². The molecule has 0 radical (unpaired) electrons. The minimum Gasteiger partial charge on any atom is -0.394 e. The predicted molar refractivity (Wildman–Crippen MR) is 43.7 cm³/mol. The lowest BCUT2D eigenvalue weighted by Gasteiger charge is -2.12. The Labute approximate surface area is 81.0 Å². The van der Waals surface area contributed by atoms with E-state index in [-0.39, 0.29) is 0 Å². The van der Waals surface area contributed by atoms with Crippen molar-refractivity contribution in [1.82, 2.24) is 0 Å². The Morgan fingerprint density at radius 1 is 1.36 bits per heavy atom. The van der Waals surface area contributed by atoms with Crippen molar-refractivity contribution in [2.45, 2.75) is 24.6 Å². The van der Waals surface area contributed by atoms with Gasteiger partial charge in [-0.3, -0.25) is 0 Å². The van der Waals surface area contributed by atoms with Gasteiger partial charge in [0.1, 0.15) is 18.3 Å². The van der Waals surface area contributed by atoms with Crippen LogP contribution in [0.15, 0.2) is 0 Å². The van der Waals surface area contributed by atoms with E-state index in [1.54, 1.807) is 0 Å². The third-order valence-corrected chi connectivity index (χ3v) is 2.31. The summed E-state index contributed by atoms with van der Waals surface area (Å²) < 4.78 is 30.5. The van der Waals surface area contributed by atoms with Gasteiger partial charge in [-0.2, -0.15) is 8.42 Å². The van der Waals surface area contributed by atoms with E-state index in [2.05, 4.69) is 4.18 Å². The molecule has 0 bridgehead atoms. The zero-order valence-corrected chi connectivity index (χ0v) is 8.22. The first-order valence-corrected chi connectivity index (χ1v) is 5.67.